The predicted octanol–water partition coefficient (Wildman–Crippen LogP) is 0.980. The Labute approximate surface area is 135 Å². The van der Waals surface area contributed by atoms with Gasteiger partial charge in [-0.25, -0.2) is 4.21 Å². The summed E-state index contributed by atoms with van der Waals surface area (Å²) < 4.78 is 18.5. The van der Waals surface area contributed by atoms with Crippen LogP contribution < -0.4 is 11.1 Å². The molecule has 21 heavy (non-hydrogen) atoms. The second-order valence-corrected chi connectivity index (χ2v) is 7.92. The van der Waals surface area contributed by atoms with Crippen LogP contribution in [0.3, 0.4) is 0 Å². The maximum absolute atomic E-state index is 11.0. The standard InChI is InChI=1S/C12H19N5OS3/c1-17(2)7-9-3-4-10(20-9)8-19-6-5-14-12-11(13)15-21(18)16-12/h3-4H,5-8H2,1-2H3,(H2,13,15)(H,14,16). The van der Waals surface area contributed by atoms with Crippen molar-refractivity contribution in [2.75, 3.05) is 26.4 Å². The Bertz CT molecular complexity index is 567. The number of rotatable bonds is 7. The Morgan fingerprint density at radius 3 is 2.81 bits per heavy atom. The number of amidine groups is 2. The summed E-state index contributed by atoms with van der Waals surface area (Å²) in [6, 6.07) is 4.39. The van der Waals surface area contributed by atoms with Crippen molar-refractivity contribution < 1.29 is 4.21 Å². The van der Waals surface area contributed by atoms with Crippen molar-refractivity contribution in [3.05, 3.63) is 21.9 Å². The van der Waals surface area contributed by atoms with Gasteiger partial charge in [-0.2, -0.15) is 11.8 Å². The first kappa shape index (κ1) is 16.5. The molecule has 1 aliphatic rings. The number of thioether (sulfide) groups is 1. The maximum Gasteiger partial charge on any atom is 0.269 e. The van der Waals surface area contributed by atoms with Crippen LogP contribution in [0.4, 0.5) is 0 Å². The molecule has 1 unspecified atom stereocenters. The van der Waals surface area contributed by atoms with Gasteiger partial charge >= 0.3 is 0 Å². The highest BCUT2D eigenvalue weighted by molar-refractivity contribution is 7.98. The van der Waals surface area contributed by atoms with E-state index in [4.69, 9.17) is 5.73 Å². The molecule has 0 radical (unpaired) electrons. The van der Waals surface area contributed by atoms with Crippen LogP contribution in [0.15, 0.2) is 20.9 Å². The summed E-state index contributed by atoms with van der Waals surface area (Å²) >= 11 is 2.16. The van der Waals surface area contributed by atoms with Crippen LogP contribution in [-0.2, 0) is 23.5 Å². The van der Waals surface area contributed by atoms with E-state index >= 15 is 0 Å². The highest BCUT2D eigenvalue weighted by Gasteiger charge is 2.14. The lowest BCUT2D eigenvalue weighted by atomic mass is 10.4. The minimum Gasteiger partial charge on any atom is -0.380 e. The summed E-state index contributed by atoms with van der Waals surface area (Å²) in [5.74, 6) is 2.60. The molecule has 0 amide bonds. The third-order valence-corrected chi connectivity index (χ3v) is 5.51. The van der Waals surface area contributed by atoms with Crippen molar-refractivity contribution in [2.45, 2.75) is 12.3 Å². The first-order valence-electron chi connectivity index (χ1n) is 6.44. The lowest BCUT2D eigenvalue weighted by Gasteiger charge is -2.06. The van der Waals surface area contributed by atoms with Crippen LogP contribution in [-0.4, -0.2) is 47.2 Å². The Morgan fingerprint density at radius 2 is 2.14 bits per heavy atom. The van der Waals surface area contributed by atoms with Gasteiger partial charge in [0, 0.05) is 34.3 Å². The molecule has 2 heterocycles. The van der Waals surface area contributed by atoms with E-state index in [1.165, 1.54) is 9.75 Å². The minimum atomic E-state index is -1.54. The van der Waals surface area contributed by atoms with Crippen molar-refractivity contribution in [3.63, 3.8) is 0 Å². The molecule has 0 saturated heterocycles. The highest BCUT2D eigenvalue weighted by atomic mass is 32.2. The van der Waals surface area contributed by atoms with Crippen molar-refractivity contribution in [1.29, 1.82) is 0 Å². The van der Waals surface area contributed by atoms with Gasteiger partial charge in [0.05, 0.1) is 0 Å². The first-order valence-corrected chi connectivity index (χ1v) is 9.47. The molecule has 1 aromatic rings. The van der Waals surface area contributed by atoms with Crippen molar-refractivity contribution in [2.24, 2.45) is 14.5 Å². The molecule has 0 spiro atoms. The fraction of sp³-hybridized carbons (Fsp3) is 0.500. The Kier molecular flexibility index (Phi) is 6.22. The fourth-order valence-electron chi connectivity index (χ4n) is 1.71. The van der Waals surface area contributed by atoms with Crippen molar-refractivity contribution in [3.8, 4) is 0 Å². The number of thiophene rings is 1. The summed E-state index contributed by atoms with van der Waals surface area (Å²) in [6.45, 7) is 1.72. The molecule has 0 bridgehead atoms. The molecular weight excluding hydrogens is 326 g/mol. The van der Waals surface area contributed by atoms with Crippen LogP contribution in [0.5, 0.6) is 0 Å². The number of hydrogen-bond donors (Lipinski definition) is 2. The summed E-state index contributed by atoms with van der Waals surface area (Å²) in [4.78, 5) is 4.95. The van der Waals surface area contributed by atoms with E-state index in [1.807, 2.05) is 23.1 Å². The molecule has 1 aliphatic heterocycles. The van der Waals surface area contributed by atoms with E-state index in [0.29, 0.717) is 5.84 Å². The van der Waals surface area contributed by atoms with Gasteiger partial charge in [0.15, 0.2) is 11.7 Å². The zero-order valence-corrected chi connectivity index (χ0v) is 14.5. The first-order chi connectivity index (χ1) is 10.0. The summed E-state index contributed by atoms with van der Waals surface area (Å²) in [5.41, 5.74) is 5.57. The van der Waals surface area contributed by atoms with Gasteiger partial charge in [-0.1, -0.05) is 0 Å². The van der Waals surface area contributed by atoms with Gasteiger partial charge in [-0.3, -0.25) is 0 Å². The summed E-state index contributed by atoms with van der Waals surface area (Å²) in [6.07, 6.45) is 0. The van der Waals surface area contributed by atoms with E-state index in [1.54, 1.807) is 0 Å². The smallest absolute Gasteiger partial charge is 0.269 e. The number of nitrogens with one attached hydrogen (secondary N) is 1. The Balaban J connectivity index is 1.64. The minimum absolute atomic E-state index is 0.227. The lowest BCUT2D eigenvalue weighted by Crippen LogP contribution is -2.35. The Morgan fingerprint density at radius 1 is 1.38 bits per heavy atom. The van der Waals surface area contributed by atoms with E-state index in [-0.39, 0.29) is 5.84 Å². The zero-order chi connectivity index (χ0) is 15.2. The maximum atomic E-state index is 11.0. The second-order valence-electron chi connectivity index (χ2n) is 4.73. The third kappa shape index (κ3) is 5.42. The molecule has 2 rings (SSSR count). The zero-order valence-electron chi connectivity index (χ0n) is 12.0. The van der Waals surface area contributed by atoms with Gasteiger partial charge in [0.25, 0.3) is 11.2 Å². The second kappa shape index (κ2) is 7.92. The predicted molar refractivity (Wildman–Crippen MR) is 93.1 cm³/mol. The quantitative estimate of drug-likeness (QED) is 0.720. The monoisotopic (exact) mass is 345 g/mol. The molecule has 9 heteroatoms. The van der Waals surface area contributed by atoms with Crippen LogP contribution in [0.2, 0.25) is 0 Å². The number of nitrogens with two attached hydrogens (primary N) is 1. The lowest BCUT2D eigenvalue weighted by molar-refractivity contribution is 0.406. The molecule has 0 aromatic carbocycles. The highest BCUT2D eigenvalue weighted by Crippen LogP contribution is 2.22. The summed E-state index contributed by atoms with van der Waals surface area (Å²) in [7, 11) is 4.15. The molecule has 116 valence electrons. The van der Waals surface area contributed by atoms with E-state index in [0.717, 1.165) is 24.6 Å². The van der Waals surface area contributed by atoms with E-state index < -0.39 is 11.2 Å². The van der Waals surface area contributed by atoms with Gasteiger partial charge in [0.2, 0.25) is 0 Å². The molecule has 0 aliphatic carbocycles. The molecular formula is C12H19N5OS3. The fourth-order valence-corrected chi connectivity index (χ4v) is 4.42. The van der Waals surface area contributed by atoms with Crippen molar-refractivity contribution >= 4 is 45.9 Å². The average Bonchev–Trinajstić information content (AvgIpc) is 2.95. The Hall–Kier alpha value is -0.900. The summed E-state index contributed by atoms with van der Waals surface area (Å²) in [5, 5.41) is 3.06. The molecule has 3 N–H and O–H groups in total. The topological polar surface area (TPSA) is 83.1 Å². The SMILES string of the molecule is CN(C)Cc1ccc(CSCCNC2=NS(=O)N=C2N)s1. The van der Waals surface area contributed by atoms with Crippen LogP contribution in [0, 0.1) is 0 Å². The molecule has 1 aromatic heterocycles. The number of nitrogens with zero attached hydrogens (tertiary/aromatic N) is 3. The third-order valence-electron chi connectivity index (χ3n) is 2.56. The number of hydrogen-bond acceptors (Lipinski definition) is 6. The van der Waals surface area contributed by atoms with Gasteiger partial charge in [-0.15, -0.1) is 20.1 Å². The molecule has 6 nitrogen and oxygen atoms in total. The van der Waals surface area contributed by atoms with Gasteiger partial charge in [0.1, 0.15) is 0 Å². The van der Waals surface area contributed by atoms with Gasteiger partial charge in [-0.05, 0) is 26.2 Å². The van der Waals surface area contributed by atoms with E-state index in [9.17, 15) is 4.21 Å². The average molecular weight is 346 g/mol. The molecule has 0 saturated carbocycles. The van der Waals surface area contributed by atoms with Crippen molar-refractivity contribution in [1.82, 2.24) is 10.2 Å². The van der Waals surface area contributed by atoms with Crippen LogP contribution in [0.25, 0.3) is 0 Å². The largest absolute Gasteiger partial charge is 0.380 e. The van der Waals surface area contributed by atoms with Crippen LogP contribution >= 0.6 is 23.1 Å². The normalized spacial score (nSPS) is 18.0. The van der Waals surface area contributed by atoms with E-state index in [2.05, 4.69) is 45.2 Å². The molecule has 1 atom stereocenters. The molecule has 0 fully saturated rings. The van der Waals surface area contributed by atoms with Crippen LogP contribution in [0.1, 0.15) is 9.75 Å². The van der Waals surface area contributed by atoms with Gasteiger partial charge < -0.3 is 16.0 Å².